The number of piperazine rings is 1. The van der Waals surface area contributed by atoms with E-state index in [0.717, 1.165) is 59.0 Å². The van der Waals surface area contributed by atoms with Crippen molar-refractivity contribution in [3.63, 3.8) is 0 Å². The van der Waals surface area contributed by atoms with E-state index in [-0.39, 0.29) is 18.3 Å². The van der Waals surface area contributed by atoms with Gasteiger partial charge in [-0.25, -0.2) is 9.97 Å². The molecule has 284 valence electrons. The molecule has 11 heteroatoms. The summed E-state index contributed by atoms with van der Waals surface area (Å²) in [6.07, 6.45) is 5.91. The predicted molar refractivity (Wildman–Crippen MR) is 224 cm³/mol. The molecule has 1 amide bonds. The topological polar surface area (TPSA) is 77.0 Å². The highest BCUT2D eigenvalue weighted by Crippen LogP contribution is 2.34. The van der Waals surface area contributed by atoms with Gasteiger partial charge in [0.2, 0.25) is 11.8 Å². The second-order valence-electron chi connectivity index (χ2n) is 13.6. The van der Waals surface area contributed by atoms with Crippen LogP contribution in [-0.4, -0.2) is 58.5 Å². The summed E-state index contributed by atoms with van der Waals surface area (Å²) < 4.78 is 19.1. The Morgan fingerprint density at radius 3 is 2.29 bits per heavy atom. The highest BCUT2D eigenvalue weighted by atomic mass is 35.5. The number of amides is 1. The molecular formula is C44H44Cl2N4O4S. The SMILES string of the molecule is Cc1ccc(COc2ccc(Oc3c(C)cc(/C=C/C(=O)N4CCN(Cc5ccc(CCOc6ccc7sc(C)nc7c6)cc5)CC4)cc3Cl)nc2)cc1.Cl. The zero-order valence-corrected chi connectivity index (χ0v) is 33.6. The first-order valence-corrected chi connectivity index (χ1v) is 19.3. The fraction of sp³-hybridized carbons (Fsp3) is 0.250. The molecule has 3 heterocycles. The molecule has 1 aliphatic rings. The van der Waals surface area contributed by atoms with E-state index in [1.165, 1.54) is 21.4 Å². The van der Waals surface area contributed by atoms with Crippen molar-refractivity contribution in [3.8, 4) is 23.1 Å². The minimum atomic E-state index is -0.00849. The van der Waals surface area contributed by atoms with Gasteiger partial charge in [-0.2, -0.15) is 0 Å². The number of nitrogens with zero attached hydrogens (tertiary/aromatic N) is 4. The molecule has 8 nitrogen and oxygen atoms in total. The van der Waals surface area contributed by atoms with Crippen molar-refractivity contribution in [2.75, 3.05) is 32.8 Å². The zero-order valence-electron chi connectivity index (χ0n) is 31.2. The first kappa shape index (κ1) is 39.8. The van der Waals surface area contributed by atoms with E-state index in [9.17, 15) is 4.79 Å². The lowest BCUT2D eigenvalue weighted by Gasteiger charge is -2.34. The van der Waals surface area contributed by atoms with Crippen molar-refractivity contribution < 1.29 is 19.0 Å². The third-order valence-electron chi connectivity index (χ3n) is 9.35. The number of hydrogen-bond donors (Lipinski definition) is 0. The van der Waals surface area contributed by atoms with Crippen LogP contribution in [0.3, 0.4) is 0 Å². The number of aromatic nitrogens is 2. The molecule has 0 unspecified atom stereocenters. The average Bonchev–Trinajstić information content (AvgIpc) is 3.56. The number of aryl methyl sites for hydroxylation is 3. The van der Waals surface area contributed by atoms with Crippen LogP contribution in [0.4, 0.5) is 0 Å². The summed E-state index contributed by atoms with van der Waals surface area (Å²) in [5.41, 5.74) is 7.46. The molecule has 7 rings (SSSR count). The molecule has 1 saturated heterocycles. The van der Waals surface area contributed by atoms with E-state index < -0.39 is 0 Å². The van der Waals surface area contributed by atoms with Crippen LogP contribution >= 0.6 is 35.3 Å². The zero-order chi connectivity index (χ0) is 37.4. The molecule has 0 spiro atoms. The number of carbonyl (C=O) groups excluding carboxylic acids is 1. The number of hydrogen-bond acceptors (Lipinski definition) is 8. The lowest BCUT2D eigenvalue weighted by molar-refractivity contribution is -0.127. The van der Waals surface area contributed by atoms with Crippen LogP contribution in [0.5, 0.6) is 23.1 Å². The Morgan fingerprint density at radius 1 is 0.836 bits per heavy atom. The number of carbonyl (C=O) groups is 1. The Bertz CT molecular complexity index is 2210. The maximum absolute atomic E-state index is 13.1. The normalized spacial score (nSPS) is 13.2. The van der Waals surface area contributed by atoms with Crippen LogP contribution in [0.2, 0.25) is 5.02 Å². The average molecular weight is 796 g/mol. The monoisotopic (exact) mass is 794 g/mol. The summed E-state index contributed by atoms with van der Waals surface area (Å²) in [5, 5.41) is 1.51. The van der Waals surface area contributed by atoms with Crippen LogP contribution in [0, 0.1) is 20.8 Å². The van der Waals surface area contributed by atoms with E-state index in [4.69, 9.17) is 25.8 Å². The van der Waals surface area contributed by atoms with Gasteiger partial charge in [-0.3, -0.25) is 9.69 Å². The summed E-state index contributed by atoms with van der Waals surface area (Å²) in [6, 6.07) is 30.4. The largest absolute Gasteiger partial charge is 0.493 e. The Hall–Kier alpha value is -4.93. The molecule has 0 bridgehead atoms. The minimum absolute atomic E-state index is 0. The quantitative estimate of drug-likeness (QED) is 0.108. The summed E-state index contributed by atoms with van der Waals surface area (Å²) in [6.45, 7) is 10.9. The van der Waals surface area contributed by atoms with Gasteiger partial charge in [0.05, 0.1) is 33.1 Å². The third-order valence-corrected chi connectivity index (χ3v) is 10.6. The third kappa shape index (κ3) is 10.9. The molecule has 2 aromatic heterocycles. The smallest absolute Gasteiger partial charge is 0.246 e. The lowest BCUT2D eigenvalue weighted by Crippen LogP contribution is -2.47. The summed E-state index contributed by atoms with van der Waals surface area (Å²) in [4.78, 5) is 26.3. The molecule has 0 saturated carbocycles. The molecule has 0 radical (unpaired) electrons. The molecule has 1 aliphatic heterocycles. The maximum atomic E-state index is 13.1. The standard InChI is InChI=1S/C44H43ClN4O4S.ClH/c1-30-4-6-35(7-5-30)29-52-38-14-16-42(46-27-38)53-44-31(2)24-36(25-39(44)45)12-17-43(50)49-21-19-48(20-22-49)28-34-10-8-33(9-11-34)18-23-51-37-13-15-41-40(26-37)47-32(3)54-41;/h4-17,24-27H,18-23,28-29H2,1-3H3;1H/b17-12+;. The van der Waals surface area contributed by atoms with Gasteiger partial charge in [0.1, 0.15) is 18.1 Å². The van der Waals surface area contributed by atoms with Gasteiger partial charge in [0.15, 0.2) is 5.75 Å². The van der Waals surface area contributed by atoms with E-state index >= 15 is 0 Å². The first-order valence-electron chi connectivity index (χ1n) is 18.1. The van der Waals surface area contributed by atoms with Gasteiger partial charge < -0.3 is 19.1 Å². The number of pyridine rings is 1. The van der Waals surface area contributed by atoms with Gasteiger partial charge in [-0.1, -0.05) is 65.7 Å². The van der Waals surface area contributed by atoms with Crippen molar-refractivity contribution >= 4 is 57.5 Å². The molecular weight excluding hydrogens is 751 g/mol. The van der Waals surface area contributed by atoms with Crippen molar-refractivity contribution in [3.05, 3.63) is 147 Å². The van der Waals surface area contributed by atoms with Gasteiger partial charge in [0, 0.05) is 57.4 Å². The molecule has 4 aromatic carbocycles. The number of rotatable bonds is 13. The van der Waals surface area contributed by atoms with E-state index in [0.29, 0.717) is 48.7 Å². The highest BCUT2D eigenvalue weighted by molar-refractivity contribution is 7.18. The summed E-state index contributed by atoms with van der Waals surface area (Å²) in [5.74, 6) is 2.43. The molecule has 0 aliphatic carbocycles. The molecule has 6 aromatic rings. The van der Waals surface area contributed by atoms with Crippen molar-refractivity contribution in [1.82, 2.24) is 19.8 Å². The van der Waals surface area contributed by atoms with E-state index in [1.54, 1.807) is 35.7 Å². The van der Waals surface area contributed by atoms with Crippen LogP contribution < -0.4 is 14.2 Å². The van der Waals surface area contributed by atoms with Gasteiger partial charge in [-0.05, 0) is 85.0 Å². The van der Waals surface area contributed by atoms with Crippen LogP contribution in [0.15, 0.2) is 103 Å². The van der Waals surface area contributed by atoms with Crippen LogP contribution in [-0.2, 0) is 24.4 Å². The van der Waals surface area contributed by atoms with Crippen LogP contribution in [0.1, 0.15) is 38.4 Å². The lowest BCUT2D eigenvalue weighted by atomic mass is 10.1. The van der Waals surface area contributed by atoms with Gasteiger partial charge in [-0.15, -0.1) is 23.7 Å². The van der Waals surface area contributed by atoms with Gasteiger partial charge >= 0.3 is 0 Å². The number of ether oxygens (including phenoxy) is 3. The fourth-order valence-corrected chi connectivity index (χ4v) is 7.44. The number of thiazole rings is 1. The second-order valence-corrected chi connectivity index (χ2v) is 15.2. The predicted octanol–water partition coefficient (Wildman–Crippen LogP) is 10.0. The van der Waals surface area contributed by atoms with Crippen molar-refractivity contribution in [1.29, 1.82) is 0 Å². The minimum Gasteiger partial charge on any atom is -0.493 e. The Balaban J connectivity index is 0.00000514. The molecule has 1 fully saturated rings. The molecule has 55 heavy (non-hydrogen) atoms. The fourth-order valence-electron chi connectivity index (χ4n) is 6.32. The van der Waals surface area contributed by atoms with Crippen LogP contribution in [0.25, 0.3) is 16.3 Å². The first-order chi connectivity index (χ1) is 26.2. The summed E-state index contributed by atoms with van der Waals surface area (Å²) >= 11 is 8.34. The van der Waals surface area contributed by atoms with Crippen molar-refractivity contribution in [2.24, 2.45) is 0 Å². The molecule has 0 atom stereocenters. The van der Waals surface area contributed by atoms with Gasteiger partial charge in [0.25, 0.3) is 0 Å². The summed E-state index contributed by atoms with van der Waals surface area (Å²) in [7, 11) is 0. The number of fused-ring (bicyclic) bond motifs is 1. The highest BCUT2D eigenvalue weighted by Gasteiger charge is 2.20. The Kier molecular flexibility index (Phi) is 13.4. The number of benzene rings is 4. The van der Waals surface area contributed by atoms with Crippen molar-refractivity contribution in [2.45, 2.75) is 40.3 Å². The molecule has 0 N–H and O–H groups in total. The Labute approximate surface area is 337 Å². The number of halogens is 2. The Morgan fingerprint density at radius 2 is 1.56 bits per heavy atom. The van der Waals surface area contributed by atoms with E-state index in [2.05, 4.69) is 76.4 Å². The second kappa shape index (κ2) is 18.6. The maximum Gasteiger partial charge on any atom is 0.246 e. The van der Waals surface area contributed by atoms with E-state index in [1.807, 2.05) is 49.1 Å².